The predicted octanol–water partition coefficient (Wildman–Crippen LogP) is 6.15. The van der Waals surface area contributed by atoms with Crippen LogP contribution in [0.25, 0.3) is 11.1 Å². The lowest BCUT2D eigenvalue weighted by molar-refractivity contribution is -0.124. The highest BCUT2D eigenvalue weighted by atomic mass is 16.6. The highest BCUT2D eigenvalue weighted by Gasteiger charge is 2.34. The summed E-state index contributed by atoms with van der Waals surface area (Å²) in [5.41, 5.74) is 5.58. The molecule has 258 valence electrons. The molecule has 3 fully saturated rings. The third kappa shape index (κ3) is 8.39. The molecule has 0 spiro atoms. The molecule has 10 nitrogen and oxygen atoms in total. The average Bonchev–Trinajstić information content (AvgIpc) is 3.85. The molecule has 3 aliphatic carbocycles. The first-order valence-electron chi connectivity index (χ1n) is 17.6. The Morgan fingerprint density at radius 1 is 1.00 bits per heavy atom. The summed E-state index contributed by atoms with van der Waals surface area (Å²) in [5, 5.41) is 25.6. The topological polar surface area (TPSA) is 126 Å². The zero-order valence-corrected chi connectivity index (χ0v) is 28.2. The first-order chi connectivity index (χ1) is 23.3. The lowest BCUT2D eigenvalue weighted by Crippen LogP contribution is -2.42. The zero-order chi connectivity index (χ0) is 33.6. The van der Waals surface area contributed by atoms with Crippen LogP contribution < -0.4 is 15.0 Å². The van der Waals surface area contributed by atoms with E-state index < -0.39 is 18.8 Å². The fourth-order valence-electron chi connectivity index (χ4n) is 7.40. The van der Waals surface area contributed by atoms with Gasteiger partial charge in [0, 0.05) is 36.5 Å². The zero-order valence-electron chi connectivity index (χ0n) is 28.2. The van der Waals surface area contributed by atoms with Crippen molar-refractivity contribution in [2.24, 2.45) is 11.8 Å². The van der Waals surface area contributed by atoms with Crippen LogP contribution in [0.15, 0.2) is 54.9 Å². The van der Waals surface area contributed by atoms with Gasteiger partial charge in [-0.3, -0.25) is 9.48 Å². The van der Waals surface area contributed by atoms with E-state index in [2.05, 4.69) is 64.6 Å². The molecule has 0 radical (unpaired) electrons. The molecule has 1 aromatic heterocycles. The van der Waals surface area contributed by atoms with Crippen molar-refractivity contribution < 1.29 is 29.3 Å². The molecule has 0 aliphatic heterocycles. The maximum atomic E-state index is 14.4. The summed E-state index contributed by atoms with van der Waals surface area (Å²) < 4.78 is 13.1. The largest absolute Gasteiger partial charge is 0.496 e. The molecular formula is C38H50N4O6. The maximum Gasteiger partial charge on any atom is 0.407 e. The Balaban J connectivity index is 1.13. The fraction of sp³-hybridized carbons (Fsp3) is 0.553. The molecule has 2 amide bonds. The molecule has 1 atom stereocenters. The van der Waals surface area contributed by atoms with Crippen molar-refractivity contribution in [1.29, 1.82) is 0 Å². The lowest BCUT2D eigenvalue weighted by Gasteiger charge is -2.36. The van der Waals surface area contributed by atoms with Gasteiger partial charge in [0.15, 0.2) is 0 Å². The number of aryl methyl sites for hydroxylation is 1. The van der Waals surface area contributed by atoms with Gasteiger partial charge in [-0.25, -0.2) is 4.79 Å². The van der Waals surface area contributed by atoms with Gasteiger partial charge in [0.1, 0.15) is 11.9 Å². The number of carbonyl (C=O) groups is 2. The highest BCUT2D eigenvalue weighted by Crippen LogP contribution is 2.40. The first kappa shape index (κ1) is 34.0. The molecule has 0 unspecified atom stereocenters. The Morgan fingerprint density at radius 2 is 1.77 bits per heavy atom. The van der Waals surface area contributed by atoms with Crippen molar-refractivity contribution in [3.8, 4) is 16.9 Å². The number of carbonyl (C=O) groups excluding carboxylic acids is 2. The summed E-state index contributed by atoms with van der Waals surface area (Å²) in [5.74, 6) is 1.83. The first-order valence-corrected chi connectivity index (χ1v) is 17.6. The van der Waals surface area contributed by atoms with Crippen molar-refractivity contribution >= 4 is 17.7 Å². The highest BCUT2D eigenvalue weighted by molar-refractivity contribution is 5.95. The van der Waals surface area contributed by atoms with Crippen LogP contribution >= 0.6 is 0 Å². The molecule has 3 aliphatic rings. The number of methoxy groups -OCH3 is 1. The van der Waals surface area contributed by atoms with Crippen molar-refractivity contribution in [3.05, 3.63) is 66.0 Å². The molecule has 1 heterocycles. The van der Waals surface area contributed by atoms with E-state index in [4.69, 9.17) is 14.6 Å². The number of hydrogen-bond acceptors (Lipinski definition) is 7. The quantitative estimate of drug-likeness (QED) is 0.213. The van der Waals surface area contributed by atoms with Crippen molar-refractivity contribution in [1.82, 2.24) is 15.1 Å². The second kappa shape index (κ2) is 15.6. The molecular weight excluding hydrogens is 608 g/mol. The third-order valence-corrected chi connectivity index (χ3v) is 10.4. The van der Waals surface area contributed by atoms with Gasteiger partial charge in [-0.05, 0) is 118 Å². The van der Waals surface area contributed by atoms with E-state index in [1.54, 1.807) is 7.11 Å². The van der Waals surface area contributed by atoms with E-state index in [-0.39, 0.29) is 24.5 Å². The standard InChI is InChI=1S/C38H50N4O6/c1-25-18-30(12-17-36(25)47-2)27-8-6-26(7-9-27)22-41(33-5-3-4-29(19-33)31-20-40-42(23-31)32-13-14-32)37(45)28-10-15-35(16-11-28)48-38(46)39-21-34(44)24-43/h3-5,12,17-20,23,26-28,32,34-35,43-44H,6-11,13-16,21-22,24H2,1-2H3,(H,39,46)/t26-,27-,28-,34-,35-/m1/s1. The van der Waals surface area contributed by atoms with Gasteiger partial charge in [-0.2, -0.15) is 5.10 Å². The van der Waals surface area contributed by atoms with E-state index in [1.807, 2.05) is 17.2 Å². The summed E-state index contributed by atoms with van der Waals surface area (Å²) in [6, 6.07) is 15.4. The summed E-state index contributed by atoms with van der Waals surface area (Å²) in [7, 11) is 1.71. The number of ether oxygens (including phenoxy) is 2. The van der Waals surface area contributed by atoms with Gasteiger partial charge in [0.2, 0.25) is 5.91 Å². The number of nitrogens with one attached hydrogen (secondary N) is 1. The number of amides is 2. The molecule has 3 saturated carbocycles. The predicted molar refractivity (Wildman–Crippen MR) is 184 cm³/mol. The van der Waals surface area contributed by atoms with Crippen molar-refractivity contribution in [2.75, 3.05) is 31.7 Å². The minimum Gasteiger partial charge on any atom is -0.496 e. The van der Waals surface area contributed by atoms with E-state index in [1.165, 1.54) is 18.4 Å². The molecule has 2 aromatic carbocycles. The van der Waals surface area contributed by atoms with Crippen LogP contribution in [-0.2, 0) is 9.53 Å². The lowest BCUT2D eigenvalue weighted by atomic mass is 9.78. The van der Waals surface area contributed by atoms with Crippen LogP contribution in [0, 0.1) is 18.8 Å². The SMILES string of the molecule is COc1ccc([C@H]2CC[C@H](CN(c3cccc(-c4cnn(C5CC5)c4)c3)C(=O)[C@H]3CC[C@H](OC(=O)NC[C@@H](O)CO)CC3)CC2)cc1C. The van der Waals surface area contributed by atoms with E-state index >= 15 is 0 Å². The van der Waals surface area contributed by atoms with E-state index in [9.17, 15) is 14.7 Å². The summed E-state index contributed by atoms with van der Waals surface area (Å²) in [6.45, 7) is 2.28. The molecule has 6 rings (SSSR count). The molecule has 3 N–H and O–H groups in total. The van der Waals surface area contributed by atoms with Crippen LogP contribution in [0.2, 0.25) is 0 Å². The third-order valence-electron chi connectivity index (χ3n) is 10.4. The molecule has 0 bridgehead atoms. The molecule has 0 saturated heterocycles. The number of alkyl carbamates (subject to hydrolysis) is 1. The Labute approximate surface area is 283 Å². The number of aromatic nitrogens is 2. The number of anilines is 1. The Kier molecular flexibility index (Phi) is 11.0. The number of rotatable bonds is 12. The van der Waals surface area contributed by atoms with Crippen LogP contribution in [0.4, 0.5) is 10.5 Å². The second-order valence-electron chi connectivity index (χ2n) is 14.0. The maximum absolute atomic E-state index is 14.4. The smallest absolute Gasteiger partial charge is 0.407 e. The minimum absolute atomic E-state index is 0.0692. The molecule has 10 heteroatoms. The number of benzene rings is 2. The second-order valence-corrected chi connectivity index (χ2v) is 14.0. The van der Waals surface area contributed by atoms with Gasteiger partial charge in [0.05, 0.1) is 32.1 Å². The van der Waals surface area contributed by atoms with E-state index in [0.717, 1.165) is 53.8 Å². The van der Waals surface area contributed by atoms with Gasteiger partial charge in [-0.15, -0.1) is 0 Å². The number of hydrogen-bond donors (Lipinski definition) is 3. The van der Waals surface area contributed by atoms with Crippen molar-refractivity contribution in [2.45, 2.75) is 95.3 Å². The minimum atomic E-state index is -1.02. The van der Waals surface area contributed by atoms with E-state index in [0.29, 0.717) is 50.1 Å². The number of aliphatic hydroxyl groups is 2. The van der Waals surface area contributed by atoms with Crippen LogP contribution in [0.1, 0.15) is 87.3 Å². The number of nitrogens with zero attached hydrogens (tertiary/aromatic N) is 3. The average molecular weight is 659 g/mol. The number of aliphatic hydroxyl groups excluding tert-OH is 2. The summed E-state index contributed by atoms with van der Waals surface area (Å²) in [4.78, 5) is 28.6. The van der Waals surface area contributed by atoms with Crippen LogP contribution in [0.3, 0.4) is 0 Å². The normalized spacial score (nSPS) is 23.2. The van der Waals surface area contributed by atoms with Gasteiger partial charge in [0.25, 0.3) is 0 Å². The summed E-state index contributed by atoms with van der Waals surface area (Å²) >= 11 is 0. The Hall–Kier alpha value is -3.89. The van der Waals surface area contributed by atoms with Gasteiger partial charge >= 0.3 is 6.09 Å². The van der Waals surface area contributed by atoms with Crippen LogP contribution in [0.5, 0.6) is 5.75 Å². The van der Waals surface area contributed by atoms with Gasteiger partial charge < -0.3 is 29.9 Å². The Morgan fingerprint density at radius 3 is 2.46 bits per heavy atom. The Bertz CT molecular complexity index is 1540. The molecule has 3 aromatic rings. The molecule has 48 heavy (non-hydrogen) atoms. The fourth-order valence-corrected chi connectivity index (χ4v) is 7.40. The monoisotopic (exact) mass is 658 g/mol. The van der Waals surface area contributed by atoms with Crippen LogP contribution in [-0.4, -0.2) is 71.0 Å². The van der Waals surface area contributed by atoms with Crippen molar-refractivity contribution in [3.63, 3.8) is 0 Å². The summed E-state index contributed by atoms with van der Waals surface area (Å²) in [6.07, 6.45) is 11.3. The van der Waals surface area contributed by atoms with Gasteiger partial charge in [-0.1, -0.05) is 24.3 Å².